The lowest BCUT2D eigenvalue weighted by Crippen LogP contribution is -2.12. The Balaban J connectivity index is 2.04. The van der Waals surface area contributed by atoms with E-state index in [4.69, 9.17) is 11.6 Å². The van der Waals surface area contributed by atoms with E-state index in [9.17, 15) is 13.2 Å². The molecule has 0 bridgehead atoms. The minimum atomic E-state index is -3.08. The zero-order valence-electron chi connectivity index (χ0n) is 17.6. The first-order valence-electron chi connectivity index (χ1n) is 9.83. The van der Waals surface area contributed by atoms with Gasteiger partial charge in [0, 0.05) is 36.1 Å². The summed E-state index contributed by atoms with van der Waals surface area (Å²) in [5, 5.41) is 7.59. The molecule has 2 aromatic rings. The lowest BCUT2D eigenvalue weighted by molar-refractivity contribution is -0.115. The lowest BCUT2D eigenvalue weighted by atomic mass is 10.1. The predicted octanol–water partition coefficient (Wildman–Crippen LogP) is 4.32. The van der Waals surface area contributed by atoms with Gasteiger partial charge in [-0.1, -0.05) is 43.7 Å². The number of aryl methyl sites for hydroxylation is 1. The summed E-state index contributed by atoms with van der Waals surface area (Å²) in [5.41, 5.74) is 3.43. The van der Waals surface area contributed by atoms with Crippen LogP contribution in [0.4, 0.5) is 5.69 Å². The van der Waals surface area contributed by atoms with Crippen LogP contribution in [-0.2, 0) is 28.1 Å². The molecule has 162 valence electrons. The molecule has 0 aliphatic rings. The molecule has 0 saturated heterocycles. The third-order valence-electron chi connectivity index (χ3n) is 4.36. The number of sulfone groups is 1. The van der Waals surface area contributed by atoms with Crippen molar-refractivity contribution in [2.24, 2.45) is 7.05 Å². The van der Waals surface area contributed by atoms with E-state index >= 15 is 0 Å². The summed E-state index contributed by atoms with van der Waals surface area (Å²) < 4.78 is 25.0. The van der Waals surface area contributed by atoms with Gasteiger partial charge in [0.15, 0.2) is 9.84 Å². The minimum absolute atomic E-state index is 0.0296. The maximum atomic E-state index is 12.5. The van der Waals surface area contributed by atoms with Gasteiger partial charge >= 0.3 is 0 Å². The van der Waals surface area contributed by atoms with Crippen LogP contribution >= 0.6 is 11.6 Å². The second-order valence-electron chi connectivity index (χ2n) is 7.06. The van der Waals surface area contributed by atoms with Crippen molar-refractivity contribution in [3.63, 3.8) is 0 Å². The van der Waals surface area contributed by atoms with Crippen molar-refractivity contribution in [3.8, 4) is 0 Å². The fraction of sp³-hybridized carbons (Fsp3) is 0.364. The number of benzene rings is 1. The van der Waals surface area contributed by atoms with Gasteiger partial charge < -0.3 is 5.32 Å². The zero-order valence-corrected chi connectivity index (χ0v) is 19.1. The molecule has 1 N–H and O–H groups in total. The molecule has 1 heterocycles. The number of amides is 1. The molecular weight excluding hydrogens is 422 g/mol. The van der Waals surface area contributed by atoms with Crippen LogP contribution in [0.15, 0.2) is 54.4 Å². The fourth-order valence-electron chi connectivity index (χ4n) is 2.94. The molecular formula is C22H28ClN3O3S. The lowest BCUT2D eigenvalue weighted by Gasteiger charge is -2.09. The number of anilines is 1. The molecule has 30 heavy (non-hydrogen) atoms. The molecule has 2 rings (SSSR count). The van der Waals surface area contributed by atoms with Crippen LogP contribution in [0.5, 0.6) is 0 Å². The quantitative estimate of drug-likeness (QED) is 0.547. The van der Waals surface area contributed by atoms with Crippen LogP contribution < -0.4 is 5.32 Å². The van der Waals surface area contributed by atoms with Crippen molar-refractivity contribution in [1.29, 1.82) is 0 Å². The van der Waals surface area contributed by atoms with Crippen molar-refractivity contribution in [3.05, 3.63) is 70.5 Å². The standard InChI is InChI=1S/C22H28ClN3O3S/c1-4-7-17(8-6-9-30(28,29)5-2)13-22(27)25-21-12-18(11-20(23)14-21)10-19-15-24-26(3)16-19/h6-8,11-12,14-16H,4-5,9-10,13H2,1-3H3,(H,25,27)/b8-6-,17-7+. The molecule has 0 atom stereocenters. The van der Waals surface area contributed by atoms with Gasteiger partial charge in [-0.2, -0.15) is 5.10 Å². The first-order valence-corrected chi connectivity index (χ1v) is 12.0. The number of carbonyl (C=O) groups excluding carboxylic acids is 1. The van der Waals surface area contributed by atoms with E-state index in [0.29, 0.717) is 17.1 Å². The average Bonchev–Trinajstić information content (AvgIpc) is 3.05. The molecule has 8 heteroatoms. The topological polar surface area (TPSA) is 81.1 Å². The van der Waals surface area contributed by atoms with Gasteiger partial charge in [0.2, 0.25) is 5.91 Å². The van der Waals surface area contributed by atoms with Crippen LogP contribution in [0.2, 0.25) is 5.02 Å². The van der Waals surface area contributed by atoms with Gasteiger partial charge in [0.25, 0.3) is 0 Å². The molecule has 6 nitrogen and oxygen atoms in total. The van der Waals surface area contributed by atoms with Crippen molar-refractivity contribution >= 4 is 33.0 Å². The van der Waals surface area contributed by atoms with E-state index in [1.165, 1.54) is 0 Å². The number of hydrogen-bond acceptors (Lipinski definition) is 4. The smallest absolute Gasteiger partial charge is 0.228 e. The molecule has 1 aromatic carbocycles. The Morgan fingerprint density at radius 1 is 1.23 bits per heavy atom. The SMILES string of the molecule is CC/C=C(\C=C/CS(=O)(=O)CC)CC(=O)Nc1cc(Cl)cc(Cc2cnn(C)c2)c1. The number of hydrogen-bond donors (Lipinski definition) is 1. The molecule has 0 saturated carbocycles. The molecule has 0 unspecified atom stereocenters. The number of halogens is 1. The van der Waals surface area contributed by atoms with Crippen LogP contribution in [-0.4, -0.2) is 35.6 Å². The number of rotatable bonds is 10. The van der Waals surface area contributed by atoms with E-state index < -0.39 is 9.84 Å². The fourth-order valence-corrected chi connectivity index (χ4v) is 3.82. The van der Waals surface area contributed by atoms with Crippen LogP contribution in [0.3, 0.4) is 0 Å². The summed E-state index contributed by atoms with van der Waals surface area (Å²) in [4.78, 5) is 12.5. The van der Waals surface area contributed by atoms with Crippen molar-refractivity contribution in [1.82, 2.24) is 9.78 Å². The number of allylic oxidation sites excluding steroid dienone is 2. The predicted molar refractivity (Wildman–Crippen MR) is 123 cm³/mol. The van der Waals surface area contributed by atoms with Crippen LogP contribution in [0.1, 0.15) is 37.8 Å². The molecule has 0 radical (unpaired) electrons. The summed E-state index contributed by atoms with van der Waals surface area (Å²) >= 11 is 6.23. The third kappa shape index (κ3) is 8.16. The molecule has 0 aliphatic carbocycles. The largest absolute Gasteiger partial charge is 0.326 e. The molecule has 1 aromatic heterocycles. The Morgan fingerprint density at radius 2 is 2.00 bits per heavy atom. The van der Waals surface area contributed by atoms with Gasteiger partial charge in [0.1, 0.15) is 0 Å². The molecule has 0 fully saturated rings. The Kier molecular flexibility index (Phi) is 8.87. The highest BCUT2D eigenvalue weighted by Crippen LogP contribution is 2.22. The van der Waals surface area contributed by atoms with Crippen LogP contribution in [0, 0.1) is 0 Å². The Hall–Kier alpha value is -2.38. The third-order valence-corrected chi connectivity index (χ3v) is 6.16. The first-order chi connectivity index (χ1) is 14.2. The van der Waals surface area contributed by atoms with Crippen molar-refractivity contribution in [2.45, 2.75) is 33.1 Å². The monoisotopic (exact) mass is 449 g/mol. The van der Waals surface area contributed by atoms with Gasteiger partial charge in [-0.15, -0.1) is 0 Å². The summed E-state index contributed by atoms with van der Waals surface area (Å²) in [6.45, 7) is 3.59. The molecule has 0 aliphatic heterocycles. The van der Waals surface area contributed by atoms with E-state index in [2.05, 4.69) is 10.4 Å². The highest BCUT2D eigenvalue weighted by Gasteiger charge is 2.09. The van der Waals surface area contributed by atoms with Gasteiger partial charge in [0.05, 0.1) is 18.4 Å². The Labute approximate surface area is 183 Å². The van der Waals surface area contributed by atoms with Crippen LogP contribution in [0.25, 0.3) is 0 Å². The van der Waals surface area contributed by atoms with Gasteiger partial charge in [-0.3, -0.25) is 9.48 Å². The van der Waals surface area contributed by atoms with E-state index in [0.717, 1.165) is 23.1 Å². The maximum absolute atomic E-state index is 12.5. The Morgan fingerprint density at radius 3 is 2.63 bits per heavy atom. The molecule has 1 amide bonds. The van der Waals surface area contributed by atoms with Crippen molar-refractivity contribution < 1.29 is 13.2 Å². The summed E-state index contributed by atoms with van der Waals surface area (Å²) in [6.07, 6.45) is 10.5. The summed E-state index contributed by atoms with van der Waals surface area (Å²) in [6, 6.07) is 5.46. The van der Waals surface area contributed by atoms with Gasteiger partial charge in [-0.25, -0.2) is 8.42 Å². The highest BCUT2D eigenvalue weighted by molar-refractivity contribution is 7.91. The van der Waals surface area contributed by atoms with E-state index in [1.807, 2.05) is 38.4 Å². The second kappa shape index (κ2) is 11.1. The first kappa shape index (κ1) is 23.9. The maximum Gasteiger partial charge on any atom is 0.228 e. The average molecular weight is 450 g/mol. The number of aromatic nitrogens is 2. The van der Waals surface area contributed by atoms with Gasteiger partial charge in [-0.05, 0) is 41.3 Å². The van der Waals surface area contributed by atoms with Crippen molar-refractivity contribution in [2.75, 3.05) is 16.8 Å². The number of nitrogens with zero attached hydrogens (tertiary/aromatic N) is 2. The van der Waals surface area contributed by atoms with E-state index in [1.54, 1.807) is 36.0 Å². The Bertz CT molecular complexity index is 1040. The molecule has 0 spiro atoms. The normalized spacial score (nSPS) is 12.5. The summed E-state index contributed by atoms with van der Waals surface area (Å²) in [7, 11) is -1.21. The minimum Gasteiger partial charge on any atom is -0.326 e. The summed E-state index contributed by atoms with van der Waals surface area (Å²) in [5.74, 6) is -0.119. The zero-order chi connectivity index (χ0) is 22.1. The van der Waals surface area contributed by atoms with E-state index in [-0.39, 0.29) is 23.8 Å². The number of nitrogens with one attached hydrogen (secondary N) is 1. The highest BCUT2D eigenvalue weighted by atomic mass is 35.5. The number of carbonyl (C=O) groups is 1. The second-order valence-corrected chi connectivity index (χ2v) is 9.89.